The number of hydrogen-bond donors (Lipinski definition) is 0. The van der Waals surface area contributed by atoms with E-state index in [-0.39, 0.29) is 11.3 Å². The average Bonchev–Trinajstić information content (AvgIpc) is 3.46. The number of halogens is 1. The molecule has 0 bridgehead atoms. The minimum atomic E-state index is -0.0638. The lowest BCUT2D eigenvalue weighted by atomic mass is 10.1. The second kappa shape index (κ2) is 8.53. The number of hydrogen-bond acceptors (Lipinski definition) is 3. The molecule has 1 aliphatic rings. The van der Waals surface area contributed by atoms with Crippen molar-refractivity contribution in [2.24, 2.45) is 0 Å². The number of anilines is 1. The highest BCUT2D eigenvalue weighted by molar-refractivity contribution is 8.00. The second-order valence-corrected chi connectivity index (χ2v) is 8.67. The number of nitrogens with zero attached hydrogens (tertiary/aromatic N) is 2. The summed E-state index contributed by atoms with van der Waals surface area (Å²) in [5, 5.41) is 0.602. The van der Waals surface area contributed by atoms with Gasteiger partial charge in [-0.3, -0.25) is 9.69 Å². The van der Waals surface area contributed by atoms with Crippen molar-refractivity contribution in [3.05, 3.63) is 108 Å². The van der Waals surface area contributed by atoms with Crippen LogP contribution in [0.4, 0.5) is 5.69 Å². The number of amides is 1. The van der Waals surface area contributed by atoms with Gasteiger partial charge in [0, 0.05) is 28.8 Å². The number of carbonyl (C=O) groups is 1. The summed E-state index contributed by atoms with van der Waals surface area (Å²) in [5.74, 6) is 1.98. The standard InChI is InChI=1S/C25H19ClN2O2S/c26-19-6-10-22(11-7-19)30-23-12-8-20(9-13-23)28-24(29)17-31-25(28)18-4-3-5-21(16-18)27-14-1-2-15-27/h1-16,25H,17H2. The Balaban J connectivity index is 1.39. The molecule has 2 heterocycles. The van der Waals surface area contributed by atoms with Gasteiger partial charge >= 0.3 is 0 Å². The van der Waals surface area contributed by atoms with Gasteiger partial charge in [0.05, 0.1) is 5.75 Å². The highest BCUT2D eigenvalue weighted by Gasteiger charge is 2.34. The van der Waals surface area contributed by atoms with Crippen molar-refractivity contribution in [1.29, 1.82) is 0 Å². The largest absolute Gasteiger partial charge is 0.457 e. The molecule has 1 aliphatic heterocycles. The van der Waals surface area contributed by atoms with Crippen molar-refractivity contribution in [3.63, 3.8) is 0 Å². The molecule has 0 radical (unpaired) electrons. The molecule has 0 aliphatic carbocycles. The number of rotatable bonds is 5. The summed E-state index contributed by atoms with van der Waals surface area (Å²) < 4.78 is 7.94. The van der Waals surface area contributed by atoms with Crippen LogP contribution in [0.25, 0.3) is 5.69 Å². The number of thioether (sulfide) groups is 1. The third kappa shape index (κ3) is 4.20. The molecule has 1 unspecified atom stereocenters. The van der Waals surface area contributed by atoms with Crippen LogP contribution in [-0.2, 0) is 4.79 Å². The Morgan fingerprint density at radius 1 is 0.839 bits per heavy atom. The minimum absolute atomic E-state index is 0.0638. The summed E-state index contributed by atoms with van der Waals surface area (Å²) in [5.41, 5.74) is 3.03. The topological polar surface area (TPSA) is 34.5 Å². The number of aromatic nitrogens is 1. The zero-order chi connectivity index (χ0) is 21.2. The molecule has 0 N–H and O–H groups in total. The van der Waals surface area contributed by atoms with Crippen molar-refractivity contribution in [2.75, 3.05) is 10.7 Å². The molecule has 1 amide bonds. The SMILES string of the molecule is O=C1CSC(c2cccc(-n3cccc3)c2)N1c1ccc(Oc2ccc(Cl)cc2)cc1. The highest BCUT2D eigenvalue weighted by atomic mass is 35.5. The van der Waals surface area contributed by atoms with E-state index in [0.717, 1.165) is 16.9 Å². The molecule has 154 valence electrons. The highest BCUT2D eigenvalue weighted by Crippen LogP contribution is 2.42. The molecular weight excluding hydrogens is 428 g/mol. The summed E-state index contributed by atoms with van der Waals surface area (Å²) >= 11 is 7.57. The molecule has 1 atom stereocenters. The summed E-state index contributed by atoms with van der Waals surface area (Å²) in [6.45, 7) is 0. The summed E-state index contributed by atoms with van der Waals surface area (Å²) in [4.78, 5) is 14.6. The number of carbonyl (C=O) groups excluding carboxylic acids is 1. The van der Waals surface area contributed by atoms with Gasteiger partial charge in [-0.1, -0.05) is 23.7 Å². The lowest BCUT2D eigenvalue weighted by molar-refractivity contribution is -0.115. The smallest absolute Gasteiger partial charge is 0.238 e. The van der Waals surface area contributed by atoms with Crippen LogP contribution in [0.15, 0.2) is 97.3 Å². The zero-order valence-electron chi connectivity index (χ0n) is 16.5. The molecule has 1 saturated heterocycles. The van der Waals surface area contributed by atoms with E-state index in [0.29, 0.717) is 22.3 Å². The van der Waals surface area contributed by atoms with E-state index in [9.17, 15) is 4.79 Å². The van der Waals surface area contributed by atoms with Crippen LogP contribution < -0.4 is 9.64 Å². The second-order valence-electron chi connectivity index (χ2n) is 7.16. The molecule has 4 aromatic rings. The number of ether oxygens (including phenoxy) is 1. The minimum Gasteiger partial charge on any atom is -0.457 e. The summed E-state index contributed by atoms with van der Waals surface area (Å²) in [6, 6.07) is 27.2. The van der Waals surface area contributed by atoms with Crippen LogP contribution in [0.1, 0.15) is 10.9 Å². The zero-order valence-corrected chi connectivity index (χ0v) is 18.1. The first-order valence-electron chi connectivity index (χ1n) is 9.88. The van der Waals surface area contributed by atoms with Gasteiger partial charge in [0.25, 0.3) is 0 Å². The predicted octanol–water partition coefficient (Wildman–Crippen LogP) is 6.70. The first-order chi connectivity index (χ1) is 15.2. The van der Waals surface area contributed by atoms with E-state index in [4.69, 9.17) is 16.3 Å². The van der Waals surface area contributed by atoms with Gasteiger partial charge in [0.1, 0.15) is 16.9 Å². The predicted molar refractivity (Wildman–Crippen MR) is 126 cm³/mol. The molecule has 6 heteroatoms. The van der Waals surface area contributed by atoms with Gasteiger partial charge in [-0.05, 0) is 78.4 Å². The Labute approximate surface area is 190 Å². The maximum Gasteiger partial charge on any atom is 0.238 e. The first kappa shape index (κ1) is 19.8. The normalized spacial score (nSPS) is 16.0. The van der Waals surface area contributed by atoms with Gasteiger partial charge in [0.2, 0.25) is 5.91 Å². The van der Waals surface area contributed by atoms with Gasteiger partial charge < -0.3 is 9.30 Å². The average molecular weight is 447 g/mol. The molecule has 31 heavy (non-hydrogen) atoms. The lowest BCUT2D eigenvalue weighted by Crippen LogP contribution is -2.27. The fourth-order valence-corrected chi connectivity index (χ4v) is 4.90. The third-order valence-corrected chi connectivity index (χ3v) is 6.55. The van der Waals surface area contributed by atoms with Gasteiger partial charge in [-0.15, -0.1) is 11.8 Å². The van der Waals surface area contributed by atoms with E-state index in [2.05, 4.69) is 22.8 Å². The molecule has 0 spiro atoms. The molecule has 4 nitrogen and oxygen atoms in total. The molecule has 5 rings (SSSR count). The van der Waals surface area contributed by atoms with Crippen LogP contribution in [-0.4, -0.2) is 16.2 Å². The molecule has 1 fully saturated rings. The monoisotopic (exact) mass is 446 g/mol. The van der Waals surface area contributed by atoms with Gasteiger partial charge in [-0.25, -0.2) is 0 Å². The number of benzene rings is 3. The van der Waals surface area contributed by atoms with E-state index >= 15 is 0 Å². The molecular formula is C25H19ClN2O2S. The summed E-state index contributed by atoms with van der Waals surface area (Å²) in [7, 11) is 0. The maximum atomic E-state index is 12.7. The van der Waals surface area contributed by atoms with Gasteiger partial charge in [0.15, 0.2) is 0 Å². The third-order valence-electron chi connectivity index (χ3n) is 5.09. The van der Waals surface area contributed by atoms with Crippen molar-refractivity contribution < 1.29 is 9.53 Å². The Morgan fingerprint density at radius 3 is 2.23 bits per heavy atom. The maximum absolute atomic E-state index is 12.7. The van der Waals surface area contributed by atoms with E-state index < -0.39 is 0 Å². The fraction of sp³-hybridized carbons (Fsp3) is 0.0800. The van der Waals surface area contributed by atoms with E-state index in [1.165, 1.54) is 0 Å². The Hall–Kier alpha value is -3.15. The molecule has 3 aromatic carbocycles. The Morgan fingerprint density at radius 2 is 1.52 bits per heavy atom. The van der Waals surface area contributed by atoms with Crippen LogP contribution in [0.5, 0.6) is 11.5 Å². The fourth-order valence-electron chi connectivity index (χ4n) is 3.61. The van der Waals surface area contributed by atoms with Crippen LogP contribution in [0.2, 0.25) is 5.02 Å². The molecule has 1 aromatic heterocycles. The van der Waals surface area contributed by atoms with Crippen molar-refractivity contribution in [1.82, 2.24) is 4.57 Å². The molecule has 0 saturated carbocycles. The first-order valence-corrected chi connectivity index (χ1v) is 11.3. The van der Waals surface area contributed by atoms with Crippen molar-refractivity contribution >= 4 is 35.0 Å². The van der Waals surface area contributed by atoms with Gasteiger partial charge in [-0.2, -0.15) is 0 Å². The summed E-state index contributed by atoms with van der Waals surface area (Å²) in [6.07, 6.45) is 4.03. The van der Waals surface area contributed by atoms with E-state index in [1.807, 2.05) is 71.9 Å². The van der Waals surface area contributed by atoms with Crippen molar-refractivity contribution in [3.8, 4) is 17.2 Å². The van der Waals surface area contributed by atoms with Crippen LogP contribution in [0.3, 0.4) is 0 Å². The van der Waals surface area contributed by atoms with E-state index in [1.54, 1.807) is 23.9 Å². The van der Waals surface area contributed by atoms with Crippen LogP contribution >= 0.6 is 23.4 Å². The van der Waals surface area contributed by atoms with Crippen LogP contribution in [0, 0.1) is 0 Å². The Kier molecular flexibility index (Phi) is 5.45. The quantitative estimate of drug-likeness (QED) is 0.342. The Bertz CT molecular complexity index is 1190. The lowest BCUT2D eigenvalue weighted by Gasteiger charge is -2.25. The van der Waals surface area contributed by atoms with Crippen molar-refractivity contribution in [2.45, 2.75) is 5.37 Å².